The van der Waals surface area contributed by atoms with E-state index < -0.39 is 0 Å². The second kappa shape index (κ2) is 8.65. The van der Waals surface area contributed by atoms with Crippen LogP contribution >= 0.6 is 0 Å². The number of rotatable bonds is 6. The third-order valence-corrected chi connectivity index (χ3v) is 4.91. The van der Waals surface area contributed by atoms with Gasteiger partial charge in [-0.1, -0.05) is 30.8 Å². The molecule has 4 rings (SSSR count). The van der Waals surface area contributed by atoms with Gasteiger partial charge in [-0.3, -0.25) is 9.59 Å². The first-order valence-corrected chi connectivity index (χ1v) is 9.89. The minimum absolute atomic E-state index is 0.199. The number of fused-ring (bicyclic) bond motifs is 2. The highest BCUT2D eigenvalue weighted by Gasteiger charge is 2.18. The standard InChI is InChI=1S/C24H22N6O2/c1-14(23(31)26-2)12-16(10-11-25)27-15-8-9-19-20(13-15)29-22(28-19)21-17-6-4-3-5-7-18(17)30-24(21)32/h3-13,27H,1,25H2,2H3,(H,26,31)(H,28,29)(H,30,32)/b11-10-,16-12+. The zero-order valence-electron chi connectivity index (χ0n) is 17.4. The lowest BCUT2D eigenvalue weighted by Crippen LogP contribution is -2.18. The van der Waals surface area contributed by atoms with Crippen molar-refractivity contribution in [3.63, 3.8) is 0 Å². The maximum Gasteiger partial charge on any atom is 0.260 e. The Morgan fingerprint density at radius 3 is 2.75 bits per heavy atom. The average Bonchev–Trinajstić information content (AvgIpc) is 3.24. The number of H-pyrrole nitrogens is 2. The van der Waals surface area contributed by atoms with Gasteiger partial charge in [0.05, 0.1) is 16.6 Å². The fourth-order valence-corrected chi connectivity index (χ4v) is 3.43. The molecule has 2 heterocycles. The monoisotopic (exact) mass is 426 g/mol. The Bertz CT molecular complexity index is 1410. The van der Waals surface area contributed by atoms with E-state index in [-0.39, 0.29) is 17.0 Å². The van der Waals surface area contributed by atoms with Gasteiger partial charge in [-0.15, -0.1) is 0 Å². The van der Waals surface area contributed by atoms with Crippen LogP contribution in [0.25, 0.3) is 33.7 Å². The molecule has 1 amide bonds. The molecule has 0 fully saturated rings. The second-order valence-corrected chi connectivity index (χ2v) is 7.07. The summed E-state index contributed by atoms with van der Waals surface area (Å²) >= 11 is 0. The van der Waals surface area contributed by atoms with Crippen LogP contribution in [0.4, 0.5) is 5.69 Å². The van der Waals surface area contributed by atoms with Crippen LogP contribution in [0.5, 0.6) is 0 Å². The molecule has 2 aromatic rings. The fourth-order valence-electron chi connectivity index (χ4n) is 3.43. The number of carbonyl (C=O) groups is 1. The number of likely N-dealkylation sites (N-methyl/N-ethyl adjacent to an activating group) is 1. The first-order chi connectivity index (χ1) is 15.5. The van der Waals surface area contributed by atoms with Gasteiger partial charge in [0.25, 0.3) is 5.56 Å². The van der Waals surface area contributed by atoms with Crippen LogP contribution in [0.3, 0.4) is 0 Å². The normalized spacial score (nSPS) is 11.8. The summed E-state index contributed by atoms with van der Waals surface area (Å²) in [5.41, 5.74) is 10.5. The SMILES string of the molecule is C=C(/C=C(\C=C/N)Nc1ccc2nc(-c3c4cccccc-4[nH]c3=O)[nH]c2c1)C(=O)NC. The van der Waals surface area contributed by atoms with Gasteiger partial charge in [-0.05, 0) is 42.6 Å². The van der Waals surface area contributed by atoms with Crippen LogP contribution < -0.4 is 21.9 Å². The Kier molecular flexibility index (Phi) is 5.59. The van der Waals surface area contributed by atoms with Crippen molar-refractivity contribution in [1.29, 1.82) is 0 Å². The molecule has 2 aliphatic rings. The van der Waals surface area contributed by atoms with E-state index >= 15 is 0 Å². The second-order valence-electron chi connectivity index (χ2n) is 7.07. The van der Waals surface area contributed by atoms with Gasteiger partial charge >= 0.3 is 0 Å². The molecule has 8 nitrogen and oxygen atoms in total. The maximum absolute atomic E-state index is 12.6. The number of carbonyl (C=O) groups excluding carboxylic acids is 1. The predicted molar refractivity (Wildman–Crippen MR) is 127 cm³/mol. The summed E-state index contributed by atoms with van der Waals surface area (Å²) < 4.78 is 0. The fraction of sp³-hybridized carbons (Fsp3) is 0.0417. The van der Waals surface area contributed by atoms with E-state index in [0.717, 1.165) is 22.5 Å². The van der Waals surface area contributed by atoms with Gasteiger partial charge in [0.1, 0.15) is 5.82 Å². The highest BCUT2D eigenvalue weighted by molar-refractivity contribution is 5.95. The minimum Gasteiger partial charge on any atom is -0.405 e. The van der Waals surface area contributed by atoms with Crippen LogP contribution in [0.2, 0.25) is 0 Å². The number of aromatic amines is 2. The lowest BCUT2D eigenvalue weighted by Gasteiger charge is -2.08. The van der Waals surface area contributed by atoms with Crippen LogP contribution in [-0.4, -0.2) is 27.9 Å². The van der Waals surface area contributed by atoms with Crippen LogP contribution in [0, 0.1) is 0 Å². The first-order valence-electron chi connectivity index (χ1n) is 9.89. The van der Waals surface area contributed by atoms with Crippen LogP contribution in [-0.2, 0) is 4.79 Å². The molecule has 0 spiro atoms. The van der Waals surface area contributed by atoms with Gasteiger partial charge < -0.3 is 26.3 Å². The summed E-state index contributed by atoms with van der Waals surface area (Å²) in [5.74, 6) is 0.203. The summed E-state index contributed by atoms with van der Waals surface area (Å²) in [6, 6.07) is 15.0. The number of hydrogen-bond acceptors (Lipinski definition) is 5. The number of allylic oxidation sites excluding steroid dienone is 1. The van der Waals surface area contributed by atoms with Crippen molar-refractivity contribution in [1.82, 2.24) is 20.3 Å². The van der Waals surface area contributed by atoms with Crippen LogP contribution in [0.15, 0.2) is 89.5 Å². The lowest BCUT2D eigenvalue weighted by atomic mass is 10.1. The number of aromatic nitrogens is 3. The topological polar surface area (TPSA) is 129 Å². The molecule has 6 N–H and O–H groups in total. The molecule has 0 unspecified atom stereocenters. The van der Waals surface area contributed by atoms with Gasteiger partial charge in [0, 0.05) is 35.3 Å². The number of nitrogens with zero attached hydrogens (tertiary/aromatic N) is 1. The highest BCUT2D eigenvalue weighted by Crippen LogP contribution is 2.29. The summed E-state index contributed by atoms with van der Waals surface area (Å²) in [7, 11) is 1.54. The largest absolute Gasteiger partial charge is 0.405 e. The number of nitrogens with one attached hydrogen (secondary N) is 4. The molecule has 0 radical (unpaired) electrons. The van der Waals surface area contributed by atoms with E-state index in [4.69, 9.17) is 5.73 Å². The summed E-state index contributed by atoms with van der Waals surface area (Å²) in [4.78, 5) is 35.1. The number of imidazole rings is 1. The maximum atomic E-state index is 12.6. The molecule has 1 aromatic heterocycles. The molecular formula is C24H22N6O2. The first kappa shape index (κ1) is 20.7. The van der Waals surface area contributed by atoms with E-state index in [1.54, 1.807) is 12.2 Å². The Labute approximate surface area is 183 Å². The molecule has 1 aliphatic heterocycles. The van der Waals surface area contributed by atoms with E-state index in [2.05, 4.69) is 32.2 Å². The third-order valence-electron chi connectivity index (χ3n) is 4.91. The smallest absolute Gasteiger partial charge is 0.260 e. The van der Waals surface area contributed by atoms with Gasteiger partial charge in [0.15, 0.2) is 0 Å². The van der Waals surface area contributed by atoms with E-state index in [1.165, 1.54) is 13.2 Å². The molecule has 0 atom stereocenters. The molecule has 160 valence electrons. The molecular weight excluding hydrogens is 404 g/mol. The Balaban J connectivity index is 1.70. The van der Waals surface area contributed by atoms with Crippen molar-refractivity contribution in [3.8, 4) is 22.6 Å². The van der Waals surface area contributed by atoms with E-state index in [1.807, 2.05) is 48.5 Å². The Morgan fingerprint density at radius 2 is 1.97 bits per heavy atom. The quantitative estimate of drug-likeness (QED) is 0.239. The number of amides is 1. The molecule has 8 heteroatoms. The van der Waals surface area contributed by atoms with Gasteiger partial charge in [0.2, 0.25) is 5.91 Å². The molecule has 32 heavy (non-hydrogen) atoms. The summed E-state index contributed by atoms with van der Waals surface area (Å²) in [6.07, 6.45) is 4.60. The Morgan fingerprint density at radius 1 is 1.16 bits per heavy atom. The Hall–Kier alpha value is -4.59. The van der Waals surface area contributed by atoms with Crippen molar-refractivity contribution < 1.29 is 4.79 Å². The lowest BCUT2D eigenvalue weighted by molar-refractivity contribution is -0.116. The van der Waals surface area contributed by atoms with Crippen molar-refractivity contribution >= 4 is 22.6 Å². The van der Waals surface area contributed by atoms with Crippen molar-refractivity contribution in [2.75, 3.05) is 12.4 Å². The van der Waals surface area contributed by atoms with Gasteiger partial charge in [-0.2, -0.15) is 0 Å². The highest BCUT2D eigenvalue weighted by atomic mass is 16.1. The predicted octanol–water partition coefficient (Wildman–Crippen LogP) is 3.09. The third kappa shape index (κ3) is 4.01. The summed E-state index contributed by atoms with van der Waals surface area (Å²) in [6.45, 7) is 3.76. The zero-order valence-corrected chi connectivity index (χ0v) is 17.4. The van der Waals surface area contributed by atoms with Crippen molar-refractivity contribution in [3.05, 3.63) is 95.1 Å². The van der Waals surface area contributed by atoms with Crippen molar-refractivity contribution in [2.24, 2.45) is 5.73 Å². The van der Waals surface area contributed by atoms with Crippen LogP contribution in [0.1, 0.15) is 0 Å². The van der Waals surface area contributed by atoms with E-state index in [0.29, 0.717) is 22.6 Å². The van der Waals surface area contributed by atoms with E-state index in [9.17, 15) is 9.59 Å². The molecule has 1 aliphatic carbocycles. The molecule has 0 bridgehead atoms. The zero-order chi connectivity index (χ0) is 22.7. The number of nitrogens with two attached hydrogens (primary N) is 1. The molecule has 0 saturated heterocycles. The molecule has 1 aromatic carbocycles. The summed E-state index contributed by atoms with van der Waals surface area (Å²) in [5, 5.41) is 5.74. The number of anilines is 1. The number of benzene rings is 1. The minimum atomic E-state index is -0.288. The average molecular weight is 426 g/mol. The number of hydrogen-bond donors (Lipinski definition) is 5. The molecule has 0 saturated carbocycles. The van der Waals surface area contributed by atoms with Gasteiger partial charge in [-0.25, -0.2) is 4.98 Å². The van der Waals surface area contributed by atoms with Crippen molar-refractivity contribution in [2.45, 2.75) is 0 Å².